The van der Waals surface area contributed by atoms with E-state index in [2.05, 4.69) is 32.3 Å². The van der Waals surface area contributed by atoms with Crippen molar-refractivity contribution in [1.82, 2.24) is 20.1 Å². The second kappa shape index (κ2) is 5.84. The summed E-state index contributed by atoms with van der Waals surface area (Å²) in [6.45, 7) is 3.75. The summed E-state index contributed by atoms with van der Waals surface area (Å²) in [5, 5.41) is 9.23. The number of hydrogen-bond donors (Lipinski definition) is 1. The third-order valence-electron chi connectivity index (χ3n) is 3.64. The predicted molar refractivity (Wildman–Crippen MR) is 77.1 cm³/mol. The van der Waals surface area contributed by atoms with Gasteiger partial charge in [0.25, 0.3) is 0 Å². The molecule has 0 spiro atoms. The molecule has 1 fully saturated rings. The average Bonchev–Trinajstić information content (AvgIpc) is 3.09. The van der Waals surface area contributed by atoms with Crippen LogP contribution in [-0.4, -0.2) is 14.8 Å². The molecule has 3 rings (SSSR count). The molecule has 0 aromatic carbocycles. The van der Waals surface area contributed by atoms with Gasteiger partial charge in [0.15, 0.2) is 0 Å². The second-order valence-corrected chi connectivity index (χ2v) is 6.49. The Labute approximate surface area is 117 Å². The molecule has 1 aliphatic carbocycles. The van der Waals surface area contributed by atoms with E-state index in [4.69, 9.17) is 0 Å². The molecule has 0 amide bonds. The number of aryl methyl sites for hydroxylation is 1. The van der Waals surface area contributed by atoms with E-state index in [1.807, 2.05) is 13.1 Å². The largest absolute Gasteiger partial charge is 0.306 e. The van der Waals surface area contributed by atoms with Crippen molar-refractivity contribution in [3.8, 4) is 0 Å². The third-order valence-corrected chi connectivity index (χ3v) is 4.55. The van der Waals surface area contributed by atoms with Crippen molar-refractivity contribution < 1.29 is 0 Å². The number of nitrogens with one attached hydrogen (secondary N) is 1. The molecule has 5 heteroatoms. The molecule has 2 aromatic heterocycles. The number of rotatable bonds is 5. The van der Waals surface area contributed by atoms with Gasteiger partial charge in [0, 0.05) is 30.4 Å². The Kier molecular flexibility index (Phi) is 3.94. The molecule has 4 nitrogen and oxygen atoms in total. The number of thiazole rings is 1. The third kappa shape index (κ3) is 3.22. The molecule has 1 aliphatic rings. The highest BCUT2D eigenvalue weighted by Gasteiger charge is 2.17. The van der Waals surface area contributed by atoms with Crippen LogP contribution in [0.4, 0.5) is 0 Å². The molecule has 0 bridgehead atoms. The summed E-state index contributed by atoms with van der Waals surface area (Å²) in [5.41, 5.74) is 1.13. The van der Waals surface area contributed by atoms with E-state index in [9.17, 15) is 0 Å². The minimum absolute atomic E-state index is 0.637. The lowest BCUT2D eigenvalue weighted by molar-refractivity contribution is 0.461. The summed E-state index contributed by atoms with van der Waals surface area (Å²) < 4.78 is 2.15. The Bertz CT molecular complexity index is 525. The van der Waals surface area contributed by atoms with Crippen molar-refractivity contribution in [3.05, 3.63) is 34.0 Å². The molecule has 0 radical (unpaired) electrons. The molecule has 0 unspecified atom stereocenters. The van der Waals surface area contributed by atoms with Crippen LogP contribution < -0.4 is 5.32 Å². The molecule has 2 aromatic rings. The van der Waals surface area contributed by atoms with E-state index in [1.54, 1.807) is 11.3 Å². The van der Waals surface area contributed by atoms with Crippen molar-refractivity contribution >= 4 is 11.3 Å². The monoisotopic (exact) mass is 276 g/mol. The standard InChI is InChI=1S/C14H20N4S/c1-11-16-10-14(19-11)9-15-8-12-6-7-18(17-12)13-4-2-3-5-13/h6-7,10,13,15H,2-5,8-9H2,1H3. The van der Waals surface area contributed by atoms with Gasteiger partial charge in [0.1, 0.15) is 0 Å². The zero-order valence-corrected chi connectivity index (χ0v) is 12.1. The molecule has 0 aliphatic heterocycles. The normalized spacial score (nSPS) is 16.3. The second-order valence-electron chi connectivity index (χ2n) is 5.17. The Balaban J connectivity index is 1.50. The first-order valence-corrected chi connectivity index (χ1v) is 7.79. The summed E-state index contributed by atoms with van der Waals surface area (Å²) >= 11 is 1.75. The topological polar surface area (TPSA) is 42.7 Å². The van der Waals surface area contributed by atoms with Gasteiger partial charge < -0.3 is 5.32 Å². The van der Waals surface area contributed by atoms with Crippen molar-refractivity contribution in [1.29, 1.82) is 0 Å². The van der Waals surface area contributed by atoms with Crippen LogP contribution >= 0.6 is 11.3 Å². The first-order valence-electron chi connectivity index (χ1n) is 6.97. The molecule has 2 heterocycles. The van der Waals surface area contributed by atoms with E-state index >= 15 is 0 Å². The summed E-state index contributed by atoms with van der Waals surface area (Å²) in [6.07, 6.45) is 9.35. The zero-order valence-electron chi connectivity index (χ0n) is 11.3. The van der Waals surface area contributed by atoms with E-state index in [0.29, 0.717) is 6.04 Å². The van der Waals surface area contributed by atoms with Gasteiger partial charge in [-0.2, -0.15) is 5.10 Å². The van der Waals surface area contributed by atoms with E-state index in [-0.39, 0.29) is 0 Å². The number of hydrogen-bond acceptors (Lipinski definition) is 4. The van der Waals surface area contributed by atoms with Crippen LogP contribution in [0, 0.1) is 6.92 Å². The van der Waals surface area contributed by atoms with Crippen molar-refractivity contribution in [3.63, 3.8) is 0 Å². The minimum atomic E-state index is 0.637. The summed E-state index contributed by atoms with van der Waals surface area (Å²) in [6, 6.07) is 2.77. The van der Waals surface area contributed by atoms with E-state index < -0.39 is 0 Å². The van der Waals surface area contributed by atoms with Gasteiger partial charge in [-0.25, -0.2) is 4.98 Å². The van der Waals surface area contributed by atoms with Gasteiger partial charge in [-0.1, -0.05) is 12.8 Å². The fourth-order valence-corrected chi connectivity index (χ4v) is 3.41. The van der Waals surface area contributed by atoms with Crippen LogP contribution in [0.5, 0.6) is 0 Å². The van der Waals surface area contributed by atoms with Crippen LogP contribution in [0.1, 0.15) is 47.3 Å². The Morgan fingerprint density at radius 3 is 2.95 bits per heavy atom. The van der Waals surface area contributed by atoms with Crippen molar-refractivity contribution in [2.45, 2.75) is 51.7 Å². The number of aromatic nitrogens is 3. The fourth-order valence-electron chi connectivity index (χ4n) is 2.64. The quantitative estimate of drug-likeness (QED) is 0.912. The maximum Gasteiger partial charge on any atom is 0.0897 e. The molecule has 102 valence electrons. The molecule has 19 heavy (non-hydrogen) atoms. The molecular weight excluding hydrogens is 256 g/mol. The van der Waals surface area contributed by atoms with E-state index in [1.165, 1.54) is 30.6 Å². The van der Waals surface area contributed by atoms with E-state index in [0.717, 1.165) is 23.8 Å². The number of nitrogens with zero attached hydrogens (tertiary/aromatic N) is 3. The first kappa shape index (κ1) is 12.8. The SMILES string of the molecule is Cc1ncc(CNCc2ccn(C3CCCC3)n2)s1. The van der Waals surface area contributed by atoms with Crippen LogP contribution in [0.15, 0.2) is 18.5 Å². The Morgan fingerprint density at radius 1 is 1.37 bits per heavy atom. The Hall–Kier alpha value is -1.20. The van der Waals surface area contributed by atoms with Gasteiger partial charge in [-0.3, -0.25) is 4.68 Å². The smallest absolute Gasteiger partial charge is 0.0897 e. The average molecular weight is 276 g/mol. The maximum atomic E-state index is 4.67. The zero-order chi connectivity index (χ0) is 13.1. The lowest BCUT2D eigenvalue weighted by atomic mass is 10.3. The molecule has 0 atom stereocenters. The fraction of sp³-hybridized carbons (Fsp3) is 0.571. The maximum absolute atomic E-state index is 4.67. The van der Waals surface area contributed by atoms with Crippen LogP contribution in [-0.2, 0) is 13.1 Å². The summed E-state index contributed by atoms with van der Waals surface area (Å²) in [7, 11) is 0. The highest BCUT2D eigenvalue weighted by atomic mass is 32.1. The van der Waals surface area contributed by atoms with Gasteiger partial charge in [-0.05, 0) is 25.8 Å². The van der Waals surface area contributed by atoms with Crippen LogP contribution in [0.3, 0.4) is 0 Å². The molecule has 1 saturated carbocycles. The summed E-state index contributed by atoms with van der Waals surface area (Å²) in [4.78, 5) is 5.54. The Morgan fingerprint density at radius 2 is 2.21 bits per heavy atom. The first-order chi connectivity index (χ1) is 9.31. The highest BCUT2D eigenvalue weighted by molar-refractivity contribution is 7.11. The van der Waals surface area contributed by atoms with Crippen LogP contribution in [0.25, 0.3) is 0 Å². The van der Waals surface area contributed by atoms with Gasteiger partial charge in [-0.15, -0.1) is 11.3 Å². The van der Waals surface area contributed by atoms with Gasteiger partial charge >= 0.3 is 0 Å². The van der Waals surface area contributed by atoms with Crippen molar-refractivity contribution in [2.24, 2.45) is 0 Å². The molecule has 1 N–H and O–H groups in total. The lowest BCUT2D eigenvalue weighted by Crippen LogP contribution is -2.13. The molecule has 0 saturated heterocycles. The van der Waals surface area contributed by atoms with Gasteiger partial charge in [0.2, 0.25) is 0 Å². The summed E-state index contributed by atoms with van der Waals surface area (Å²) in [5.74, 6) is 0. The highest BCUT2D eigenvalue weighted by Crippen LogP contribution is 2.28. The van der Waals surface area contributed by atoms with Gasteiger partial charge in [0.05, 0.1) is 16.7 Å². The lowest BCUT2D eigenvalue weighted by Gasteiger charge is -2.08. The minimum Gasteiger partial charge on any atom is -0.306 e. The predicted octanol–water partition coefficient (Wildman–Crippen LogP) is 3.05. The molecular formula is C14H20N4S. The van der Waals surface area contributed by atoms with Crippen LogP contribution in [0.2, 0.25) is 0 Å². The van der Waals surface area contributed by atoms with Crippen molar-refractivity contribution in [2.75, 3.05) is 0 Å².